The second kappa shape index (κ2) is 15.5. The van der Waals surface area contributed by atoms with Crippen LogP contribution in [0.25, 0.3) is 5.69 Å². The van der Waals surface area contributed by atoms with Crippen LogP contribution in [0.5, 0.6) is 0 Å². The van der Waals surface area contributed by atoms with E-state index in [9.17, 15) is 23.3 Å². The number of aromatic nitrogens is 2. The van der Waals surface area contributed by atoms with Crippen LogP contribution < -0.4 is 10.2 Å². The SMILES string of the molecule is CCN(CCCS(=O)(=O)O)c1ccc(N=Nc2c(C#N)c(C(C)(C)C)nn2-c2ccc(Cl)cc2CC(=O)c2ccccc2)c(NC(C)=O)c1. The first-order valence-electron chi connectivity index (χ1n) is 15.6. The zero-order valence-electron chi connectivity index (χ0n) is 27.9. The van der Waals surface area contributed by atoms with Gasteiger partial charge in [-0.3, -0.25) is 14.1 Å². The zero-order valence-corrected chi connectivity index (χ0v) is 29.5. The van der Waals surface area contributed by atoms with Crippen LogP contribution in [0, 0.1) is 11.3 Å². The fourth-order valence-electron chi connectivity index (χ4n) is 5.21. The van der Waals surface area contributed by atoms with Crippen molar-refractivity contribution >= 4 is 56.3 Å². The molecule has 0 aliphatic heterocycles. The monoisotopic (exact) mass is 703 g/mol. The summed E-state index contributed by atoms with van der Waals surface area (Å²) in [5.74, 6) is -0.735. The van der Waals surface area contributed by atoms with Crippen molar-refractivity contribution in [3.63, 3.8) is 0 Å². The first kappa shape index (κ1) is 36.9. The molecule has 1 amide bonds. The molecule has 2 N–H and O–H groups in total. The van der Waals surface area contributed by atoms with Crippen LogP contribution in [-0.2, 0) is 26.7 Å². The lowest BCUT2D eigenvalue weighted by atomic mass is 9.90. The van der Waals surface area contributed by atoms with E-state index < -0.39 is 15.5 Å². The Kier molecular flexibility index (Phi) is 11.7. The molecular weight excluding hydrogens is 666 g/mol. The number of halogens is 1. The van der Waals surface area contributed by atoms with Crippen LogP contribution in [0.1, 0.15) is 68.2 Å². The van der Waals surface area contributed by atoms with Gasteiger partial charge in [-0.15, -0.1) is 10.2 Å². The number of rotatable bonds is 13. The van der Waals surface area contributed by atoms with E-state index in [1.807, 2.05) is 38.7 Å². The fraction of sp³-hybridized carbons (Fsp3) is 0.314. The molecular formula is C35H38ClN7O5S. The van der Waals surface area contributed by atoms with E-state index in [0.29, 0.717) is 52.0 Å². The van der Waals surface area contributed by atoms with Gasteiger partial charge in [0, 0.05) is 48.1 Å². The van der Waals surface area contributed by atoms with Crippen LogP contribution in [0.4, 0.5) is 22.9 Å². The second-order valence-electron chi connectivity index (χ2n) is 12.4. The summed E-state index contributed by atoms with van der Waals surface area (Å²) in [5, 5.41) is 27.4. The number of carbonyl (C=O) groups excluding carboxylic acids is 2. The molecule has 0 spiro atoms. The number of anilines is 2. The Labute approximate surface area is 291 Å². The van der Waals surface area contributed by atoms with Crippen molar-refractivity contribution in [3.05, 3.63) is 94.1 Å². The van der Waals surface area contributed by atoms with E-state index in [4.69, 9.17) is 21.3 Å². The maximum absolute atomic E-state index is 13.3. The highest BCUT2D eigenvalue weighted by Gasteiger charge is 2.29. The van der Waals surface area contributed by atoms with Gasteiger partial charge in [-0.2, -0.15) is 18.8 Å². The molecule has 1 heterocycles. The minimum absolute atomic E-state index is 0.00932. The lowest BCUT2D eigenvalue weighted by Gasteiger charge is -2.24. The van der Waals surface area contributed by atoms with E-state index in [-0.39, 0.29) is 47.4 Å². The minimum atomic E-state index is -4.10. The summed E-state index contributed by atoms with van der Waals surface area (Å²) in [5.41, 5.74) is 3.02. The van der Waals surface area contributed by atoms with Crippen LogP contribution in [0.3, 0.4) is 0 Å². The Morgan fingerprint density at radius 2 is 1.80 bits per heavy atom. The first-order chi connectivity index (χ1) is 23.1. The Hall–Kier alpha value is -4.90. The van der Waals surface area contributed by atoms with Gasteiger partial charge < -0.3 is 10.2 Å². The maximum Gasteiger partial charge on any atom is 0.264 e. The second-order valence-corrected chi connectivity index (χ2v) is 14.4. The molecule has 49 heavy (non-hydrogen) atoms. The highest BCUT2D eigenvalue weighted by molar-refractivity contribution is 7.85. The third kappa shape index (κ3) is 9.60. The molecule has 256 valence electrons. The first-order valence-corrected chi connectivity index (χ1v) is 17.5. The number of carbonyl (C=O) groups is 2. The van der Waals surface area contributed by atoms with Crippen LogP contribution in [0.15, 0.2) is 77.0 Å². The third-order valence-electron chi connectivity index (χ3n) is 7.52. The van der Waals surface area contributed by atoms with Crippen LogP contribution in [0.2, 0.25) is 5.02 Å². The van der Waals surface area contributed by atoms with Crippen molar-refractivity contribution in [2.45, 2.75) is 52.9 Å². The Morgan fingerprint density at radius 3 is 2.41 bits per heavy atom. The molecule has 0 aliphatic rings. The maximum atomic E-state index is 13.3. The number of nitrogens with one attached hydrogen (secondary N) is 1. The smallest absolute Gasteiger partial charge is 0.264 e. The van der Waals surface area contributed by atoms with Crippen molar-refractivity contribution in [1.29, 1.82) is 5.26 Å². The number of hydrogen-bond donors (Lipinski definition) is 2. The van der Waals surface area contributed by atoms with E-state index in [2.05, 4.69) is 21.6 Å². The van der Waals surface area contributed by atoms with Crippen molar-refractivity contribution < 1.29 is 22.6 Å². The van der Waals surface area contributed by atoms with Gasteiger partial charge in [0.15, 0.2) is 11.6 Å². The summed E-state index contributed by atoms with van der Waals surface area (Å²) in [4.78, 5) is 27.4. The molecule has 14 heteroatoms. The predicted molar refractivity (Wildman–Crippen MR) is 190 cm³/mol. The van der Waals surface area contributed by atoms with Gasteiger partial charge in [-0.25, -0.2) is 4.68 Å². The lowest BCUT2D eigenvalue weighted by molar-refractivity contribution is -0.114. The highest BCUT2D eigenvalue weighted by Crippen LogP contribution is 2.37. The molecule has 1 aromatic heterocycles. The van der Waals surface area contributed by atoms with Gasteiger partial charge >= 0.3 is 0 Å². The summed E-state index contributed by atoms with van der Waals surface area (Å²) in [6, 6.07) is 21.3. The molecule has 0 fully saturated rings. The summed E-state index contributed by atoms with van der Waals surface area (Å²) in [7, 11) is -4.10. The molecule has 0 bridgehead atoms. The van der Waals surface area contributed by atoms with Gasteiger partial charge in [-0.05, 0) is 55.3 Å². The number of ketones is 1. The van der Waals surface area contributed by atoms with Crippen molar-refractivity contribution in [2.75, 3.05) is 29.1 Å². The minimum Gasteiger partial charge on any atom is -0.372 e. The Balaban J connectivity index is 1.82. The number of nitriles is 1. The van der Waals surface area contributed by atoms with Crippen LogP contribution in [-0.4, -0.2) is 53.3 Å². The lowest BCUT2D eigenvalue weighted by Crippen LogP contribution is -2.25. The molecule has 12 nitrogen and oxygen atoms in total. The van der Waals surface area contributed by atoms with Crippen molar-refractivity contribution in [1.82, 2.24) is 9.78 Å². The quantitative estimate of drug-likeness (QED) is 0.0814. The number of amides is 1. The molecule has 0 saturated heterocycles. The number of Topliss-reactive ketones (excluding diaryl/α,β-unsaturated/α-hetero) is 1. The van der Waals surface area contributed by atoms with Gasteiger partial charge in [0.25, 0.3) is 10.1 Å². The molecule has 4 rings (SSSR count). The number of hydrogen-bond acceptors (Lipinski definition) is 9. The predicted octanol–water partition coefficient (Wildman–Crippen LogP) is 7.60. The average Bonchev–Trinajstić information content (AvgIpc) is 3.41. The van der Waals surface area contributed by atoms with Gasteiger partial charge in [0.05, 0.1) is 22.8 Å². The van der Waals surface area contributed by atoms with E-state index >= 15 is 0 Å². The summed E-state index contributed by atoms with van der Waals surface area (Å²) >= 11 is 6.39. The van der Waals surface area contributed by atoms with Crippen molar-refractivity contribution in [2.24, 2.45) is 10.2 Å². The molecule has 0 unspecified atom stereocenters. The molecule has 0 atom stereocenters. The van der Waals surface area contributed by atoms with Gasteiger partial charge in [-0.1, -0.05) is 62.7 Å². The molecule has 3 aromatic carbocycles. The number of azo groups is 1. The molecule has 4 aromatic rings. The largest absolute Gasteiger partial charge is 0.372 e. The van der Waals surface area contributed by atoms with Crippen LogP contribution >= 0.6 is 11.6 Å². The summed E-state index contributed by atoms with van der Waals surface area (Å²) in [6.45, 7) is 9.89. The zero-order chi connectivity index (χ0) is 35.9. The van der Waals surface area contributed by atoms with Crippen molar-refractivity contribution in [3.8, 4) is 11.8 Å². The molecule has 0 radical (unpaired) electrons. The summed E-state index contributed by atoms with van der Waals surface area (Å²) < 4.78 is 33.1. The topological polar surface area (TPSA) is 170 Å². The molecule has 0 saturated carbocycles. The Morgan fingerprint density at radius 1 is 1.08 bits per heavy atom. The standard InChI is InChI=1S/C35H38ClN7O5S/c1-6-42(17-10-18-49(46,47)48)27-14-15-29(30(21-27)38-23(2)44)39-40-34-28(22-37)33(35(3,4)5)41-43(34)31-16-13-26(36)19-25(31)20-32(45)24-11-8-7-9-12-24/h7-9,11-16,19,21H,6,10,17-18,20H2,1-5H3,(H,38,44)(H,46,47,48). The Bertz CT molecular complexity index is 2030. The highest BCUT2D eigenvalue weighted by atomic mass is 35.5. The molecule has 0 aliphatic carbocycles. The van der Waals surface area contributed by atoms with Gasteiger partial charge in [0.1, 0.15) is 17.3 Å². The van der Waals surface area contributed by atoms with Gasteiger partial charge in [0.2, 0.25) is 5.91 Å². The average molecular weight is 704 g/mol. The van der Waals surface area contributed by atoms with E-state index in [1.54, 1.807) is 60.7 Å². The normalized spacial score (nSPS) is 11.8. The fourth-order valence-corrected chi connectivity index (χ4v) is 5.89. The number of nitrogens with zero attached hydrogens (tertiary/aromatic N) is 6. The van der Waals surface area contributed by atoms with E-state index in [1.165, 1.54) is 11.6 Å². The van der Waals surface area contributed by atoms with E-state index in [0.717, 1.165) is 0 Å². The third-order valence-corrected chi connectivity index (χ3v) is 8.56. The number of benzene rings is 3. The summed E-state index contributed by atoms with van der Waals surface area (Å²) in [6.07, 6.45) is 0.208.